The number of hydrogen-bond donors (Lipinski definition) is 1. The van der Waals surface area contributed by atoms with Gasteiger partial charge in [-0.1, -0.05) is 17.7 Å². The van der Waals surface area contributed by atoms with Crippen LogP contribution in [-0.4, -0.2) is 34.0 Å². The molecule has 0 amide bonds. The molecule has 33 heavy (non-hydrogen) atoms. The number of aromatic nitrogens is 3. The number of benzene rings is 2. The summed E-state index contributed by atoms with van der Waals surface area (Å²) in [6.07, 6.45) is 4.84. The zero-order valence-corrected chi connectivity index (χ0v) is 18.2. The van der Waals surface area contributed by atoms with E-state index < -0.39 is 5.82 Å². The van der Waals surface area contributed by atoms with E-state index in [9.17, 15) is 4.39 Å². The largest absolute Gasteiger partial charge is 0.487 e. The summed E-state index contributed by atoms with van der Waals surface area (Å²) in [6.45, 7) is 1.50. The maximum Gasteiger partial charge on any atom is 0.187 e. The van der Waals surface area contributed by atoms with E-state index >= 15 is 0 Å². The van der Waals surface area contributed by atoms with E-state index in [1.165, 1.54) is 12.4 Å². The average molecular weight is 464 g/mol. The second-order valence-corrected chi connectivity index (χ2v) is 7.85. The lowest BCUT2D eigenvalue weighted by Crippen LogP contribution is -2.04. The van der Waals surface area contributed by atoms with Gasteiger partial charge in [0.15, 0.2) is 5.90 Å². The second kappa shape index (κ2) is 9.38. The Labute approximate surface area is 194 Å². The molecule has 3 heterocycles. The Morgan fingerprint density at radius 3 is 2.82 bits per heavy atom. The summed E-state index contributed by atoms with van der Waals surface area (Å²) >= 11 is 6.42. The number of rotatable bonds is 7. The van der Waals surface area contributed by atoms with Gasteiger partial charge in [-0.2, -0.15) is 0 Å². The molecule has 0 aliphatic carbocycles. The molecule has 166 valence electrons. The van der Waals surface area contributed by atoms with Gasteiger partial charge in [-0.05, 0) is 42.0 Å². The van der Waals surface area contributed by atoms with Crippen molar-refractivity contribution in [2.45, 2.75) is 13.0 Å². The highest BCUT2D eigenvalue weighted by atomic mass is 35.5. The predicted molar refractivity (Wildman–Crippen MR) is 125 cm³/mol. The number of aliphatic imine (C=N–C) groups is 1. The number of nitrogens with one attached hydrogen (secondary N) is 1. The van der Waals surface area contributed by atoms with Crippen LogP contribution in [0, 0.1) is 5.82 Å². The summed E-state index contributed by atoms with van der Waals surface area (Å²) in [5.74, 6) is 1.48. The lowest BCUT2D eigenvalue weighted by Gasteiger charge is -2.12. The molecule has 0 spiro atoms. The lowest BCUT2D eigenvalue weighted by molar-refractivity contribution is 0.305. The molecule has 0 saturated heterocycles. The summed E-state index contributed by atoms with van der Waals surface area (Å²) in [5, 5.41) is 4.60. The number of halogens is 2. The summed E-state index contributed by atoms with van der Waals surface area (Å²) in [5.41, 5.74) is 3.24. The first-order valence-electron chi connectivity index (χ1n) is 10.3. The van der Waals surface area contributed by atoms with Crippen LogP contribution in [-0.2, 0) is 17.8 Å². The van der Waals surface area contributed by atoms with E-state index in [1.807, 2.05) is 24.3 Å². The summed E-state index contributed by atoms with van der Waals surface area (Å²) in [7, 11) is 0. The lowest BCUT2D eigenvalue weighted by atomic mass is 10.1. The topological polar surface area (TPSA) is 81.5 Å². The van der Waals surface area contributed by atoms with Crippen molar-refractivity contribution in [3.63, 3.8) is 0 Å². The van der Waals surface area contributed by atoms with E-state index in [1.54, 1.807) is 18.3 Å². The maximum atomic E-state index is 13.3. The first-order chi connectivity index (χ1) is 16.1. The fraction of sp³-hybridized carbons (Fsp3) is 0.167. The van der Waals surface area contributed by atoms with E-state index in [4.69, 9.17) is 21.1 Å². The molecule has 9 heteroatoms. The van der Waals surface area contributed by atoms with Gasteiger partial charge in [0.1, 0.15) is 36.9 Å². The third-order valence-electron chi connectivity index (χ3n) is 5.05. The molecule has 0 bridgehead atoms. The summed E-state index contributed by atoms with van der Waals surface area (Å²) in [6, 6.07) is 12.7. The zero-order chi connectivity index (χ0) is 22.6. The first-order valence-corrected chi connectivity index (χ1v) is 10.7. The number of ether oxygens (including phenoxy) is 2. The molecule has 1 aliphatic rings. The van der Waals surface area contributed by atoms with Crippen molar-refractivity contribution in [3.05, 3.63) is 83.2 Å². The van der Waals surface area contributed by atoms with Crippen LogP contribution in [0.3, 0.4) is 0 Å². The van der Waals surface area contributed by atoms with Crippen molar-refractivity contribution in [3.8, 4) is 5.75 Å². The standard InChI is InChI=1S/C24H19ClFN5O2/c25-20-10-18(2-4-22(20)33-13-16-7-17(26)12-27-11-16)31-24-19-8-15(9-23-28-5-6-32-23)1-3-21(19)29-14-30-24/h1-4,7-8,10-12,14H,5-6,9,13H2,(H,29,30,31). The second-order valence-electron chi connectivity index (χ2n) is 7.44. The number of anilines is 2. The van der Waals surface area contributed by atoms with Crippen molar-refractivity contribution < 1.29 is 13.9 Å². The first kappa shape index (κ1) is 21.1. The van der Waals surface area contributed by atoms with Crippen LogP contribution < -0.4 is 10.1 Å². The minimum absolute atomic E-state index is 0.158. The third-order valence-corrected chi connectivity index (χ3v) is 5.35. The molecule has 0 radical (unpaired) electrons. The number of nitrogens with zero attached hydrogens (tertiary/aromatic N) is 4. The molecule has 2 aromatic heterocycles. The SMILES string of the molecule is Fc1cncc(COc2ccc(Nc3ncnc4ccc(CC5=NCCO5)cc34)cc2Cl)c1. The average Bonchev–Trinajstić information content (AvgIpc) is 3.32. The summed E-state index contributed by atoms with van der Waals surface area (Å²) < 4.78 is 24.5. The maximum absolute atomic E-state index is 13.3. The normalized spacial score (nSPS) is 13.0. The van der Waals surface area contributed by atoms with E-state index in [0.717, 1.165) is 34.2 Å². The van der Waals surface area contributed by atoms with Gasteiger partial charge in [-0.3, -0.25) is 9.98 Å². The van der Waals surface area contributed by atoms with Crippen LogP contribution >= 0.6 is 11.6 Å². The number of hydrogen-bond acceptors (Lipinski definition) is 7. The van der Waals surface area contributed by atoms with Gasteiger partial charge < -0.3 is 14.8 Å². The Kier molecular flexibility index (Phi) is 5.99. The summed E-state index contributed by atoms with van der Waals surface area (Å²) in [4.78, 5) is 16.9. The molecule has 0 saturated carbocycles. The van der Waals surface area contributed by atoms with Crippen LogP contribution in [0.1, 0.15) is 11.1 Å². The van der Waals surface area contributed by atoms with Gasteiger partial charge in [0.25, 0.3) is 0 Å². The van der Waals surface area contributed by atoms with Gasteiger partial charge in [-0.25, -0.2) is 14.4 Å². The molecule has 0 fully saturated rings. The molecule has 5 rings (SSSR count). The van der Waals surface area contributed by atoms with Crippen molar-refractivity contribution in [1.29, 1.82) is 0 Å². The molecule has 2 aromatic carbocycles. The van der Waals surface area contributed by atoms with E-state index in [-0.39, 0.29) is 6.61 Å². The monoisotopic (exact) mass is 463 g/mol. The van der Waals surface area contributed by atoms with Gasteiger partial charge in [0, 0.05) is 29.3 Å². The Bertz CT molecular complexity index is 1350. The minimum atomic E-state index is -0.411. The third kappa shape index (κ3) is 5.01. The zero-order valence-electron chi connectivity index (χ0n) is 17.5. The van der Waals surface area contributed by atoms with E-state index in [2.05, 4.69) is 25.3 Å². The molecule has 0 unspecified atom stereocenters. The molecule has 0 atom stereocenters. The predicted octanol–water partition coefficient (Wildman–Crippen LogP) is 5.11. The highest BCUT2D eigenvalue weighted by molar-refractivity contribution is 6.32. The van der Waals surface area contributed by atoms with Crippen molar-refractivity contribution in [1.82, 2.24) is 15.0 Å². The van der Waals surface area contributed by atoms with Gasteiger partial charge >= 0.3 is 0 Å². The van der Waals surface area contributed by atoms with Crippen LogP contribution in [0.15, 0.2) is 66.2 Å². The van der Waals surface area contributed by atoms with Crippen molar-refractivity contribution >= 4 is 39.9 Å². The Morgan fingerprint density at radius 2 is 2.00 bits per heavy atom. The highest BCUT2D eigenvalue weighted by Crippen LogP contribution is 2.31. The Hall–Kier alpha value is -3.78. The smallest absolute Gasteiger partial charge is 0.187 e. The molecule has 7 nitrogen and oxygen atoms in total. The molecule has 1 aliphatic heterocycles. The highest BCUT2D eigenvalue weighted by Gasteiger charge is 2.12. The Morgan fingerprint density at radius 1 is 1.06 bits per heavy atom. The van der Waals surface area contributed by atoms with Crippen molar-refractivity contribution in [2.24, 2.45) is 4.99 Å². The van der Waals surface area contributed by atoms with Gasteiger partial charge in [0.05, 0.1) is 23.3 Å². The van der Waals surface area contributed by atoms with Gasteiger partial charge in [-0.15, -0.1) is 0 Å². The van der Waals surface area contributed by atoms with Crippen molar-refractivity contribution in [2.75, 3.05) is 18.5 Å². The molecule has 1 N–H and O–H groups in total. The van der Waals surface area contributed by atoms with E-state index in [0.29, 0.717) is 41.7 Å². The van der Waals surface area contributed by atoms with Crippen LogP contribution in [0.2, 0.25) is 5.02 Å². The Balaban J connectivity index is 1.33. The minimum Gasteiger partial charge on any atom is -0.487 e. The quantitative estimate of drug-likeness (QED) is 0.410. The fourth-order valence-electron chi connectivity index (χ4n) is 3.50. The molecular weight excluding hydrogens is 445 g/mol. The number of fused-ring (bicyclic) bond motifs is 1. The molecule has 4 aromatic rings. The van der Waals surface area contributed by atoms with Gasteiger partial charge in [0.2, 0.25) is 0 Å². The van der Waals surface area contributed by atoms with Crippen LogP contribution in [0.4, 0.5) is 15.9 Å². The fourth-order valence-corrected chi connectivity index (χ4v) is 3.74. The van der Waals surface area contributed by atoms with Crippen LogP contribution in [0.5, 0.6) is 5.75 Å². The molecular formula is C24H19ClFN5O2. The van der Waals surface area contributed by atoms with Crippen LogP contribution in [0.25, 0.3) is 10.9 Å². The number of pyridine rings is 1.